The molecule has 1 aliphatic carbocycles. The van der Waals surface area contributed by atoms with E-state index >= 15 is 0 Å². The fourth-order valence-electron chi connectivity index (χ4n) is 1.70. The SMILES string of the molecule is FC(F)(F)COCCCNCCC1CCC1. The molecule has 1 fully saturated rings. The Morgan fingerprint density at radius 2 is 1.94 bits per heavy atom. The van der Waals surface area contributed by atoms with Crippen molar-refractivity contribution in [3.8, 4) is 0 Å². The summed E-state index contributed by atoms with van der Waals surface area (Å²) < 4.78 is 39.5. The lowest BCUT2D eigenvalue weighted by Gasteiger charge is -2.25. The molecule has 1 N–H and O–H groups in total. The van der Waals surface area contributed by atoms with Crippen molar-refractivity contribution in [1.82, 2.24) is 5.32 Å². The lowest BCUT2D eigenvalue weighted by molar-refractivity contribution is -0.173. The molecule has 5 heteroatoms. The predicted molar refractivity (Wildman–Crippen MR) is 56.3 cm³/mol. The Kier molecular flexibility index (Phi) is 6.13. The van der Waals surface area contributed by atoms with Crippen LogP contribution < -0.4 is 5.32 Å². The molecular formula is C11H20F3NO. The second-order valence-corrected chi connectivity index (χ2v) is 4.36. The Hall–Kier alpha value is -0.290. The summed E-state index contributed by atoms with van der Waals surface area (Å²) in [5, 5.41) is 3.22. The molecule has 0 aromatic carbocycles. The molecule has 0 aromatic rings. The highest BCUT2D eigenvalue weighted by Crippen LogP contribution is 2.28. The van der Waals surface area contributed by atoms with Gasteiger partial charge < -0.3 is 10.1 Å². The van der Waals surface area contributed by atoms with Crippen molar-refractivity contribution in [2.24, 2.45) is 5.92 Å². The van der Waals surface area contributed by atoms with E-state index in [-0.39, 0.29) is 6.61 Å². The maximum absolute atomic E-state index is 11.7. The summed E-state index contributed by atoms with van der Waals surface area (Å²) in [6.45, 7) is 0.763. The Bertz CT molecular complexity index is 181. The van der Waals surface area contributed by atoms with Gasteiger partial charge in [-0.3, -0.25) is 0 Å². The van der Waals surface area contributed by atoms with Gasteiger partial charge in [0.25, 0.3) is 0 Å². The molecule has 0 atom stereocenters. The van der Waals surface area contributed by atoms with Crippen LogP contribution in [-0.4, -0.2) is 32.5 Å². The van der Waals surface area contributed by atoms with Crippen LogP contribution in [0.3, 0.4) is 0 Å². The Morgan fingerprint density at radius 1 is 1.19 bits per heavy atom. The molecule has 0 heterocycles. The second kappa shape index (κ2) is 7.12. The molecule has 0 bridgehead atoms. The number of halogens is 3. The Morgan fingerprint density at radius 3 is 2.50 bits per heavy atom. The summed E-state index contributed by atoms with van der Waals surface area (Å²) in [6, 6.07) is 0. The molecule has 0 amide bonds. The van der Waals surface area contributed by atoms with Crippen molar-refractivity contribution in [1.29, 1.82) is 0 Å². The van der Waals surface area contributed by atoms with Crippen LogP contribution in [-0.2, 0) is 4.74 Å². The summed E-state index contributed by atoms with van der Waals surface area (Å²) in [5.41, 5.74) is 0. The van der Waals surface area contributed by atoms with E-state index in [0.717, 1.165) is 19.0 Å². The number of alkyl halides is 3. The monoisotopic (exact) mass is 239 g/mol. The molecular weight excluding hydrogens is 219 g/mol. The van der Waals surface area contributed by atoms with Crippen LogP contribution in [0.4, 0.5) is 13.2 Å². The maximum Gasteiger partial charge on any atom is 0.411 e. The molecule has 0 radical (unpaired) electrons. The molecule has 0 spiro atoms. The van der Waals surface area contributed by atoms with Crippen LogP contribution in [0, 0.1) is 5.92 Å². The van der Waals surface area contributed by atoms with Gasteiger partial charge in [0.2, 0.25) is 0 Å². The minimum atomic E-state index is -4.20. The third kappa shape index (κ3) is 7.06. The van der Waals surface area contributed by atoms with E-state index in [0.29, 0.717) is 6.42 Å². The molecule has 2 nitrogen and oxygen atoms in total. The van der Waals surface area contributed by atoms with Crippen LogP contribution in [0.1, 0.15) is 32.1 Å². The highest BCUT2D eigenvalue weighted by molar-refractivity contribution is 4.70. The van der Waals surface area contributed by atoms with E-state index in [2.05, 4.69) is 10.1 Å². The molecule has 0 aromatic heterocycles. The van der Waals surface area contributed by atoms with Crippen LogP contribution in [0.2, 0.25) is 0 Å². The van der Waals surface area contributed by atoms with Gasteiger partial charge in [0, 0.05) is 6.61 Å². The quantitative estimate of drug-likeness (QED) is 0.658. The zero-order valence-corrected chi connectivity index (χ0v) is 9.48. The predicted octanol–water partition coefficient (Wildman–Crippen LogP) is 2.74. The van der Waals surface area contributed by atoms with Gasteiger partial charge in [0.05, 0.1) is 0 Å². The normalized spacial score (nSPS) is 17.4. The first kappa shape index (κ1) is 13.8. The van der Waals surface area contributed by atoms with E-state index in [1.807, 2.05) is 0 Å². The van der Waals surface area contributed by atoms with Crippen LogP contribution in [0.15, 0.2) is 0 Å². The minimum absolute atomic E-state index is 0.177. The standard InChI is InChI=1S/C11H20F3NO/c12-11(13,14)9-16-8-2-6-15-7-5-10-3-1-4-10/h10,15H,1-9H2. The molecule has 0 unspecified atom stereocenters. The molecule has 96 valence electrons. The van der Waals surface area contributed by atoms with Gasteiger partial charge in [-0.15, -0.1) is 0 Å². The van der Waals surface area contributed by atoms with Gasteiger partial charge in [-0.1, -0.05) is 19.3 Å². The summed E-state index contributed by atoms with van der Waals surface area (Å²) in [5.74, 6) is 0.883. The van der Waals surface area contributed by atoms with Crippen molar-refractivity contribution in [3.63, 3.8) is 0 Å². The van der Waals surface area contributed by atoms with Gasteiger partial charge in [-0.25, -0.2) is 0 Å². The van der Waals surface area contributed by atoms with Gasteiger partial charge in [-0.05, 0) is 31.8 Å². The van der Waals surface area contributed by atoms with E-state index in [4.69, 9.17) is 0 Å². The zero-order valence-electron chi connectivity index (χ0n) is 9.48. The van der Waals surface area contributed by atoms with E-state index in [1.54, 1.807) is 0 Å². The van der Waals surface area contributed by atoms with Gasteiger partial charge >= 0.3 is 6.18 Å². The molecule has 1 saturated carbocycles. The average molecular weight is 239 g/mol. The molecule has 1 rings (SSSR count). The van der Waals surface area contributed by atoms with Crippen molar-refractivity contribution in [2.45, 2.75) is 38.3 Å². The van der Waals surface area contributed by atoms with Crippen molar-refractivity contribution < 1.29 is 17.9 Å². The first-order valence-electron chi connectivity index (χ1n) is 5.93. The van der Waals surface area contributed by atoms with Crippen molar-refractivity contribution in [2.75, 3.05) is 26.3 Å². The first-order valence-corrected chi connectivity index (χ1v) is 5.93. The fourth-order valence-corrected chi connectivity index (χ4v) is 1.70. The molecule has 16 heavy (non-hydrogen) atoms. The number of hydrogen-bond donors (Lipinski definition) is 1. The lowest BCUT2D eigenvalue weighted by Crippen LogP contribution is -2.23. The third-order valence-electron chi connectivity index (χ3n) is 2.86. The van der Waals surface area contributed by atoms with Crippen molar-refractivity contribution in [3.05, 3.63) is 0 Å². The summed E-state index contributed by atoms with van der Waals surface area (Å²) in [4.78, 5) is 0. The summed E-state index contributed by atoms with van der Waals surface area (Å²) in [6.07, 6.45) is 1.69. The third-order valence-corrected chi connectivity index (χ3v) is 2.86. The topological polar surface area (TPSA) is 21.3 Å². The second-order valence-electron chi connectivity index (χ2n) is 4.36. The van der Waals surface area contributed by atoms with Crippen molar-refractivity contribution >= 4 is 0 Å². The number of rotatable bonds is 8. The number of hydrogen-bond acceptors (Lipinski definition) is 2. The van der Waals surface area contributed by atoms with E-state index < -0.39 is 12.8 Å². The van der Waals surface area contributed by atoms with Crippen LogP contribution in [0.5, 0.6) is 0 Å². The van der Waals surface area contributed by atoms with E-state index in [9.17, 15) is 13.2 Å². The van der Waals surface area contributed by atoms with Crippen LogP contribution >= 0.6 is 0 Å². The van der Waals surface area contributed by atoms with Gasteiger partial charge in [0.1, 0.15) is 6.61 Å². The van der Waals surface area contributed by atoms with Crippen LogP contribution in [0.25, 0.3) is 0 Å². The Balaban J connectivity index is 1.74. The Labute approximate surface area is 94.5 Å². The summed E-state index contributed by atoms with van der Waals surface area (Å²) >= 11 is 0. The first-order chi connectivity index (χ1) is 7.58. The van der Waals surface area contributed by atoms with Gasteiger partial charge in [0.15, 0.2) is 0 Å². The van der Waals surface area contributed by atoms with Gasteiger partial charge in [-0.2, -0.15) is 13.2 Å². The minimum Gasteiger partial charge on any atom is -0.372 e. The average Bonchev–Trinajstić information content (AvgIpc) is 2.10. The highest BCUT2D eigenvalue weighted by Gasteiger charge is 2.27. The van der Waals surface area contributed by atoms with E-state index in [1.165, 1.54) is 25.7 Å². The zero-order chi connectivity index (χ0) is 11.9. The number of nitrogens with one attached hydrogen (secondary N) is 1. The smallest absolute Gasteiger partial charge is 0.372 e. The largest absolute Gasteiger partial charge is 0.411 e. The molecule has 0 aliphatic heterocycles. The number of ether oxygens (including phenoxy) is 1. The molecule has 1 aliphatic rings. The fraction of sp³-hybridized carbons (Fsp3) is 1.00. The maximum atomic E-state index is 11.7. The highest BCUT2D eigenvalue weighted by atomic mass is 19.4. The molecule has 0 saturated heterocycles. The lowest BCUT2D eigenvalue weighted by atomic mass is 9.83. The summed E-state index contributed by atoms with van der Waals surface area (Å²) in [7, 11) is 0.